The van der Waals surface area contributed by atoms with E-state index in [1.54, 1.807) is 12.1 Å². The van der Waals surface area contributed by atoms with Gasteiger partial charge in [0, 0.05) is 42.9 Å². The topological polar surface area (TPSA) is 132 Å². The van der Waals surface area contributed by atoms with Gasteiger partial charge < -0.3 is 20.7 Å². The number of piperidine rings is 1. The number of hydrogen-bond donors (Lipinski definition) is 5. The Hall–Kier alpha value is -2.97. The lowest BCUT2D eigenvalue weighted by atomic mass is 10.0. The van der Waals surface area contributed by atoms with Gasteiger partial charge in [0.05, 0.1) is 17.4 Å². The van der Waals surface area contributed by atoms with Gasteiger partial charge >= 0.3 is 0 Å². The van der Waals surface area contributed by atoms with Gasteiger partial charge in [-0.05, 0) is 44.5 Å². The van der Waals surface area contributed by atoms with E-state index in [2.05, 4.69) is 39.0 Å². The lowest BCUT2D eigenvalue weighted by molar-refractivity contribution is -0.618. The molecule has 0 aliphatic carbocycles. The monoisotopic (exact) mass is 408 g/mol. The van der Waals surface area contributed by atoms with Crippen molar-refractivity contribution in [3.63, 3.8) is 0 Å². The van der Waals surface area contributed by atoms with Crippen LogP contribution < -0.4 is 11.1 Å². The van der Waals surface area contributed by atoms with Crippen LogP contribution in [-0.2, 0) is 0 Å². The molecular weight excluding hydrogens is 378 g/mol. The van der Waals surface area contributed by atoms with E-state index in [4.69, 9.17) is 11.1 Å². The third-order valence-electron chi connectivity index (χ3n) is 6.03. The molecule has 1 saturated heterocycles. The first kappa shape index (κ1) is 20.3. The number of phenolic OH excluding ortho intramolecular Hbond substituents is 1. The summed E-state index contributed by atoms with van der Waals surface area (Å²) < 4.78 is 0. The van der Waals surface area contributed by atoms with Crippen LogP contribution in [0.25, 0.3) is 10.9 Å². The number of aryl methyl sites for hydroxylation is 1. The number of nitrogens with one attached hydrogen (secondary N) is 2. The molecule has 0 spiro atoms. The standard InChI is InChI=1S/C22H29N7O/c1-12(2)29-6-4-15(5-7-29)27-22-18(21(24)25-11-26-22)19(23)17-10-14-9-16(30)8-13(3)20(14)28-17/h8-12,15,23,28,30H,4-7H2,1-3H3,(H3,24,25,26,27)/p+1. The van der Waals surface area contributed by atoms with E-state index in [0.717, 1.165) is 42.4 Å². The summed E-state index contributed by atoms with van der Waals surface area (Å²) in [7, 11) is 0. The number of aromatic hydroxyl groups is 1. The summed E-state index contributed by atoms with van der Waals surface area (Å²) in [6, 6.07) is 6.23. The Balaban J connectivity index is 1.62. The Morgan fingerprint density at radius 1 is 1.27 bits per heavy atom. The SMILES string of the molecule is Cc1cc(O)cc2cc(C(=N)c3c(N)ncnc3[NH2+]C3CCN(C(C)C)CC3)[nH]c12. The molecule has 4 rings (SSSR count). The second-order valence-corrected chi connectivity index (χ2v) is 8.44. The number of likely N-dealkylation sites (tertiary alicyclic amines) is 1. The highest BCUT2D eigenvalue weighted by atomic mass is 16.3. The van der Waals surface area contributed by atoms with Gasteiger partial charge in [0.1, 0.15) is 23.5 Å². The first-order valence-corrected chi connectivity index (χ1v) is 10.4. The van der Waals surface area contributed by atoms with Crippen molar-refractivity contribution >= 4 is 28.3 Å². The van der Waals surface area contributed by atoms with Crippen LogP contribution >= 0.6 is 0 Å². The van der Waals surface area contributed by atoms with Crippen LogP contribution in [0, 0.1) is 12.3 Å². The first-order chi connectivity index (χ1) is 14.3. The Kier molecular flexibility index (Phi) is 5.44. The smallest absolute Gasteiger partial charge is 0.239 e. The number of aromatic nitrogens is 3. The molecule has 1 fully saturated rings. The van der Waals surface area contributed by atoms with Gasteiger partial charge in [-0.15, -0.1) is 0 Å². The van der Waals surface area contributed by atoms with Gasteiger partial charge in [-0.1, -0.05) is 0 Å². The van der Waals surface area contributed by atoms with Gasteiger partial charge in [0.15, 0.2) is 0 Å². The summed E-state index contributed by atoms with van der Waals surface area (Å²) >= 11 is 0. The fraction of sp³-hybridized carbons (Fsp3) is 0.409. The Bertz CT molecular complexity index is 1080. The van der Waals surface area contributed by atoms with Crippen LogP contribution in [0.3, 0.4) is 0 Å². The average Bonchev–Trinajstić information content (AvgIpc) is 3.12. The number of benzene rings is 1. The van der Waals surface area contributed by atoms with Gasteiger partial charge in [-0.25, -0.2) is 4.98 Å². The zero-order valence-corrected chi connectivity index (χ0v) is 17.7. The molecule has 3 aromatic rings. The Morgan fingerprint density at radius 3 is 2.70 bits per heavy atom. The molecule has 1 aliphatic heterocycles. The number of hydrogen-bond acceptors (Lipinski definition) is 6. The number of H-pyrrole nitrogens is 1. The lowest BCUT2D eigenvalue weighted by Gasteiger charge is -2.33. The molecule has 7 N–H and O–H groups in total. The van der Waals surface area contributed by atoms with Crippen molar-refractivity contribution in [2.24, 2.45) is 0 Å². The molecule has 8 heteroatoms. The van der Waals surface area contributed by atoms with Gasteiger partial charge in [-0.3, -0.25) is 10.7 Å². The molecular formula is C22H30N7O+. The normalized spacial score (nSPS) is 15.9. The number of quaternary nitrogens is 1. The number of nitrogens with two attached hydrogens (primary N) is 2. The van der Waals surface area contributed by atoms with E-state index in [1.165, 1.54) is 6.33 Å². The van der Waals surface area contributed by atoms with Crippen LogP contribution in [-0.4, -0.2) is 55.8 Å². The van der Waals surface area contributed by atoms with Crippen molar-refractivity contribution in [1.82, 2.24) is 19.9 Å². The van der Waals surface area contributed by atoms with Crippen LogP contribution in [0.5, 0.6) is 5.75 Å². The highest BCUT2D eigenvalue weighted by Crippen LogP contribution is 2.27. The molecule has 30 heavy (non-hydrogen) atoms. The van der Waals surface area contributed by atoms with E-state index in [0.29, 0.717) is 35.0 Å². The molecule has 0 bridgehead atoms. The Labute approximate surface area is 176 Å². The summed E-state index contributed by atoms with van der Waals surface area (Å²) in [6.45, 7) is 8.52. The van der Waals surface area contributed by atoms with Crippen LogP contribution in [0.2, 0.25) is 0 Å². The molecule has 2 aromatic heterocycles. The molecule has 0 unspecified atom stereocenters. The summed E-state index contributed by atoms with van der Waals surface area (Å²) in [5, 5.41) is 21.7. The fourth-order valence-corrected chi connectivity index (χ4v) is 4.30. The average molecular weight is 409 g/mol. The summed E-state index contributed by atoms with van der Waals surface area (Å²) in [4.78, 5) is 14.4. The maximum absolute atomic E-state index is 9.88. The van der Waals surface area contributed by atoms with Crippen LogP contribution in [0.15, 0.2) is 24.5 Å². The van der Waals surface area contributed by atoms with Crippen molar-refractivity contribution in [2.75, 3.05) is 18.8 Å². The minimum absolute atomic E-state index is 0.210. The van der Waals surface area contributed by atoms with Gasteiger partial charge in [0.25, 0.3) is 0 Å². The van der Waals surface area contributed by atoms with Crippen molar-refractivity contribution < 1.29 is 10.4 Å². The van der Waals surface area contributed by atoms with E-state index in [-0.39, 0.29) is 11.5 Å². The molecule has 1 aromatic carbocycles. The Morgan fingerprint density at radius 2 is 2.00 bits per heavy atom. The van der Waals surface area contributed by atoms with Gasteiger partial charge in [0.2, 0.25) is 5.82 Å². The van der Waals surface area contributed by atoms with Crippen LogP contribution in [0.4, 0.5) is 11.6 Å². The number of rotatable bonds is 5. The van der Waals surface area contributed by atoms with Crippen molar-refractivity contribution in [2.45, 2.75) is 45.7 Å². The summed E-state index contributed by atoms with van der Waals surface area (Å²) in [5.41, 5.74) is 9.46. The highest BCUT2D eigenvalue weighted by Gasteiger charge is 2.27. The second-order valence-electron chi connectivity index (χ2n) is 8.44. The van der Waals surface area contributed by atoms with Crippen molar-refractivity contribution in [1.29, 1.82) is 5.41 Å². The largest absolute Gasteiger partial charge is 0.508 e. The number of aromatic amines is 1. The van der Waals surface area contributed by atoms with Crippen LogP contribution in [0.1, 0.15) is 43.5 Å². The molecule has 0 saturated carbocycles. The third-order valence-corrected chi connectivity index (χ3v) is 6.03. The molecule has 1 aliphatic rings. The summed E-state index contributed by atoms with van der Waals surface area (Å²) in [6.07, 6.45) is 3.61. The van der Waals surface area contributed by atoms with Gasteiger partial charge in [-0.2, -0.15) is 4.98 Å². The fourth-order valence-electron chi connectivity index (χ4n) is 4.30. The minimum atomic E-state index is 0.210. The first-order valence-electron chi connectivity index (χ1n) is 10.4. The van der Waals surface area contributed by atoms with E-state index in [9.17, 15) is 5.11 Å². The second kappa shape index (κ2) is 8.04. The molecule has 0 atom stereocenters. The predicted octanol–water partition coefficient (Wildman–Crippen LogP) is 2.04. The summed E-state index contributed by atoms with van der Waals surface area (Å²) in [5.74, 6) is 1.23. The number of phenols is 1. The van der Waals surface area contributed by atoms with E-state index >= 15 is 0 Å². The predicted molar refractivity (Wildman–Crippen MR) is 118 cm³/mol. The van der Waals surface area contributed by atoms with E-state index in [1.807, 2.05) is 13.0 Å². The molecule has 3 heterocycles. The number of anilines is 1. The number of nitrogen functional groups attached to an aromatic ring is 1. The number of nitrogens with zero attached hydrogens (tertiary/aromatic N) is 3. The quantitative estimate of drug-likeness (QED) is 0.412. The third kappa shape index (κ3) is 3.88. The van der Waals surface area contributed by atoms with Crippen molar-refractivity contribution in [3.8, 4) is 5.75 Å². The minimum Gasteiger partial charge on any atom is -0.508 e. The molecule has 0 radical (unpaired) electrons. The number of fused-ring (bicyclic) bond motifs is 1. The van der Waals surface area contributed by atoms with Crippen molar-refractivity contribution in [3.05, 3.63) is 41.3 Å². The zero-order valence-electron chi connectivity index (χ0n) is 17.7. The molecule has 8 nitrogen and oxygen atoms in total. The lowest BCUT2D eigenvalue weighted by Crippen LogP contribution is -2.86. The maximum Gasteiger partial charge on any atom is 0.239 e. The molecule has 0 amide bonds. The molecule has 158 valence electrons. The highest BCUT2D eigenvalue weighted by molar-refractivity contribution is 6.16. The zero-order chi connectivity index (χ0) is 21.4. The maximum atomic E-state index is 9.88. The van der Waals surface area contributed by atoms with E-state index < -0.39 is 0 Å².